The maximum Gasteiger partial charge on any atom is 0.326 e. The monoisotopic (exact) mass is 250 g/mol. The van der Waals surface area contributed by atoms with E-state index in [0.717, 1.165) is 12.2 Å². The van der Waals surface area contributed by atoms with E-state index in [4.69, 9.17) is 5.11 Å². The van der Waals surface area contributed by atoms with E-state index in [1.807, 2.05) is 6.92 Å². The molecule has 0 saturated heterocycles. The smallest absolute Gasteiger partial charge is 0.326 e. The SMILES string of the molecule is CCCC(Nc1cc(NC2CC2)ncn1)C(=O)O. The summed E-state index contributed by atoms with van der Waals surface area (Å²) in [7, 11) is 0. The molecule has 0 aliphatic heterocycles. The van der Waals surface area contributed by atoms with Gasteiger partial charge in [0.25, 0.3) is 0 Å². The van der Waals surface area contributed by atoms with Gasteiger partial charge in [-0.3, -0.25) is 0 Å². The van der Waals surface area contributed by atoms with Crippen LogP contribution in [0, 0.1) is 0 Å². The van der Waals surface area contributed by atoms with Crippen molar-refractivity contribution in [3.05, 3.63) is 12.4 Å². The molecule has 1 atom stereocenters. The summed E-state index contributed by atoms with van der Waals surface area (Å²) in [6.07, 6.45) is 5.16. The molecular weight excluding hydrogens is 232 g/mol. The Kier molecular flexibility index (Phi) is 3.96. The Morgan fingerprint density at radius 2 is 2.22 bits per heavy atom. The van der Waals surface area contributed by atoms with Gasteiger partial charge in [0, 0.05) is 12.1 Å². The molecule has 1 aromatic rings. The lowest BCUT2D eigenvalue weighted by atomic mass is 10.2. The van der Waals surface area contributed by atoms with Crippen molar-refractivity contribution in [2.24, 2.45) is 0 Å². The number of aliphatic carboxylic acids is 1. The summed E-state index contributed by atoms with van der Waals surface area (Å²) in [6, 6.07) is 1.67. The molecule has 6 nitrogen and oxygen atoms in total. The molecule has 1 aromatic heterocycles. The van der Waals surface area contributed by atoms with Crippen LogP contribution in [-0.4, -0.2) is 33.1 Å². The van der Waals surface area contributed by atoms with Crippen LogP contribution < -0.4 is 10.6 Å². The molecule has 0 aromatic carbocycles. The minimum absolute atomic E-state index is 0.513. The lowest BCUT2D eigenvalue weighted by Gasteiger charge is -2.14. The average Bonchev–Trinajstić information content (AvgIpc) is 3.13. The molecule has 0 radical (unpaired) electrons. The number of aromatic nitrogens is 2. The topological polar surface area (TPSA) is 87.1 Å². The molecule has 1 fully saturated rings. The van der Waals surface area contributed by atoms with Crippen LogP contribution in [0.5, 0.6) is 0 Å². The Bertz CT molecular complexity index is 420. The molecule has 2 rings (SSSR count). The second kappa shape index (κ2) is 5.66. The van der Waals surface area contributed by atoms with E-state index in [0.29, 0.717) is 18.3 Å². The number of carboxylic acids is 1. The largest absolute Gasteiger partial charge is 0.480 e. The average molecular weight is 250 g/mol. The maximum absolute atomic E-state index is 11.0. The van der Waals surface area contributed by atoms with Crippen molar-refractivity contribution in [3.8, 4) is 0 Å². The van der Waals surface area contributed by atoms with E-state index in [9.17, 15) is 4.79 Å². The molecule has 6 heteroatoms. The van der Waals surface area contributed by atoms with Gasteiger partial charge in [-0.15, -0.1) is 0 Å². The third-order valence-corrected chi connectivity index (χ3v) is 2.79. The van der Waals surface area contributed by atoms with Gasteiger partial charge < -0.3 is 15.7 Å². The van der Waals surface area contributed by atoms with Gasteiger partial charge in [-0.05, 0) is 19.3 Å². The molecule has 1 unspecified atom stereocenters. The number of anilines is 2. The summed E-state index contributed by atoms with van der Waals surface area (Å²) in [4.78, 5) is 19.2. The van der Waals surface area contributed by atoms with E-state index < -0.39 is 12.0 Å². The molecular formula is C12H18N4O2. The molecule has 18 heavy (non-hydrogen) atoms. The van der Waals surface area contributed by atoms with Gasteiger partial charge in [-0.1, -0.05) is 13.3 Å². The zero-order valence-electron chi connectivity index (χ0n) is 10.4. The molecule has 0 bridgehead atoms. The summed E-state index contributed by atoms with van der Waals surface area (Å²) in [5.74, 6) is 0.441. The molecule has 98 valence electrons. The second-order valence-electron chi connectivity index (χ2n) is 4.53. The fraction of sp³-hybridized carbons (Fsp3) is 0.583. The van der Waals surface area contributed by atoms with Crippen molar-refractivity contribution in [1.29, 1.82) is 0 Å². The van der Waals surface area contributed by atoms with E-state index >= 15 is 0 Å². The zero-order chi connectivity index (χ0) is 13.0. The van der Waals surface area contributed by atoms with Crippen LogP contribution in [-0.2, 0) is 4.79 Å². The van der Waals surface area contributed by atoms with Crippen LogP contribution in [0.15, 0.2) is 12.4 Å². The highest BCUT2D eigenvalue weighted by molar-refractivity contribution is 5.76. The Morgan fingerprint density at radius 3 is 2.83 bits per heavy atom. The normalized spacial score (nSPS) is 16.1. The van der Waals surface area contributed by atoms with Gasteiger partial charge in [-0.2, -0.15) is 0 Å². The third-order valence-electron chi connectivity index (χ3n) is 2.79. The van der Waals surface area contributed by atoms with Crippen LogP contribution in [0.2, 0.25) is 0 Å². The highest BCUT2D eigenvalue weighted by Crippen LogP contribution is 2.24. The standard InChI is InChI=1S/C12H18N4O2/c1-2-3-9(12(17)18)16-11-6-10(13-7-14-11)15-8-4-5-8/h6-9H,2-5H2,1H3,(H,17,18)(H2,13,14,15,16). The van der Waals surface area contributed by atoms with Gasteiger partial charge in [0.15, 0.2) is 0 Å². The van der Waals surface area contributed by atoms with Crippen molar-refractivity contribution in [1.82, 2.24) is 9.97 Å². The van der Waals surface area contributed by atoms with Gasteiger partial charge >= 0.3 is 5.97 Å². The second-order valence-corrected chi connectivity index (χ2v) is 4.53. The first-order chi connectivity index (χ1) is 8.69. The summed E-state index contributed by atoms with van der Waals surface area (Å²) in [6.45, 7) is 1.96. The molecule has 1 saturated carbocycles. The first-order valence-corrected chi connectivity index (χ1v) is 6.27. The molecule has 0 amide bonds. The zero-order valence-corrected chi connectivity index (χ0v) is 10.4. The van der Waals surface area contributed by atoms with Gasteiger partial charge in [0.1, 0.15) is 24.0 Å². The predicted molar refractivity (Wildman–Crippen MR) is 68.6 cm³/mol. The van der Waals surface area contributed by atoms with Crippen LogP contribution in [0.1, 0.15) is 32.6 Å². The molecule has 1 heterocycles. The first-order valence-electron chi connectivity index (χ1n) is 6.27. The number of hydrogen-bond donors (Lipinski definition) is 3. The van der Waals surface area contributed by atoms with Crippen molar-refractivity contribution in [2.75, 3.05) is 10.6 Å². The van der Waals surface area contributed by atoms with Gasteiger partial charge in [-0.25, -0.2) is 14.8 Å². The molecule has 3 N–H and O–H groups in total. The van der Waals surface area contributed by atoms with Crippen molar-refractivity contribution in [2.45, 2.75) is 44.7 Å². The molecule has 1 aliphatic carbocycles. The van der Waals surface area contributed by atoms with Gasteiger partial charge in [0.2, 0.25) is 0 Å². The summed E-state index contributed by atoms with van der Waals surface area (Å²) in [5, 5.41) is 15.2. The van der Waals surface area contributed by atoms with Crippen molar-refractivity contribution in [3.63, 3.8) is 0 Å². The summed E-state index contributed by atoms with van der Waals surface area (Å²) < 4.78 is 0. The van der Waals surface area contributed by atoms with E-state index in [1.165, 1.54) is 19.2 Å². The van der Waals surface area contributed by atoms with Crippen molar-refractivity contribution >= 4 is 17.6 Å². The summed E-state index contributed by atoms with van der Waals surface area (Å²) >= 11 is 0. The minimum atomic E-state index is -0.854. The quantitative estimate of drug-likeness (QED) is 0.683. The van der Waals surface area contributed by atoms with Crippen LogP contribution in [0.3, 0.4) is 0 Å². The Labute approximate surface area is 106 Å². The van der Waals surface area contributed by atoms with E-state index in [2.05, 4.69) is 20.6 Å². The van der Waals surface area contributed by atoms with Crippen LogP contribution in [0.4, 0.5) is 11.6 Å². The van der Waals surface area contributed by atoms with Crippen molar-refractivity contribution < 1.29 is 9.90 Å². The number of rotatable bonds is 7. The molecule has 0 spiro atoms. The fourth-order valence-electron chi connectivity index (χ4n) is 1.68. The van der Waals surface area contributed by atoms with Crippen LogP contribution >= 0.6 is 0 Å². The highest BCUT2D eigenvalue weighted by atomic mass is 16.4. The minimum Gasteiger partial charge on any atom is -0.480 e. The third kappa shape index (κ3) is 3.58. The Morgan fingerprint density at radius 1 is 1.50 bits per heavy atom. The Balaban J connectivity index is 1.99. The number of nitrogens with zero attached hydrogens (tertiary/aromatic N) is 2. The predicted octanol–water partition coefficient (Wildman–Crippen LogP) is 1.72. The van der Waals surface area contributed by atoms with E-state index in [-0.39, 0.29) is 0 Å². The lowest BCUT2D eigenvalue weighted by molar-refractivity contribution is -0.138. The van der Waals surface area contributed by atoms with E-state index in [1.54, 1.807) is 6.07 Å². The molecule has 1 aliphatic rings. The first kappa shape index (κ1) is 12.6. The van der Waals surface area contributed by atoms with Crippen LogP contribution in [0.25, 0.3) is 0 Å². The fourth-order valence-corrected chi connectivity index (χ4v) is 1.68. The van der Waals surface area contributed by atoms with Gasteiger partial charge in [0.05, 0.1) is 0 Å². The number of hydrogen-bond acceptors (Lipinski definition) is 5. The lowest BCUT2D eigenvalue weighted by Crippen LogP contribution is -2.29. The Hall–Kier alpha value is -1.85. The number of carboxylic acid groups (broad SMARTS) is 1. The number of nitrogens with one attached hydrogen (secondary N) is 2. The maximum atomic E-state index is 11.0. The number of carbonyl (C=O) groups is 1. The summed E-state index contributed by atoms with van der Waals surface area (Å²) in [5.41, 5.74) is 0. The highest BCUT2D eigenvalue weighted by Gasteiger charge is 2.22.